The summed E-state index contributed by atoms with van der Waals surface area (Å²) < 4.78 is 5.43. The predicted octanol–water partition coefficient (Wildman–Crippen LogP) is 1.21. The fraction of sp³-hybridized carbons (Fsp3) is 0.500. The first-order valence-electron chi connectivity index (χ1n) is 5.25. The molecular weight excluding hydrogens is 188 g/mol. The molecule has 1 heterocycles. The Bertz CT molecular complexity index is 302. The molecule has 3 heteroatoms. The highest BCUT2D eigenvalue weighted by atomic mass is 16.5. The lowest BCUT2D eigenvalue weighted by molar-refractivity contribution is -0.0225. The van der Waals surface area contributed by atoms with E-state index in [1.54, 1.807) is 7.11 Å². The van der Waals surface area contributed by atoms with Gasteiger partial charge in [0.15, 0.2) is 0 Å². The summed E-state index contributed by atoms with van der Waals surface area (Å²) in [6.45, 7) is 3.02. The minimum atomic E-state index is 0.197. The molecule has 15 heavy (non-hydrogen) atoms. The van der Waals surface area contributed by atoms with Gasteiger partial charge in [-0.25, -0.2) is 0 Å². The van der Waals surface area contributed by atoms with E-state index in [2.05, 4.69) is 35.0 Å². The van der Waals surface area contributed by atoms with Gasteiger partial charge in [0, 0.05) is 25.9 Å². The fourth-order valence-electron chi connectivity index (χ4n) is 1.92. The standard InChI is InChI=1S/C12H17N2O/c1-13-8-9-14(10-12(13)15-2)11-6-4-3-5-7-11/h4-7,12H,8-10H2,1-2H3. The van der Waals surface area contributed by atoms with Crippen molar-refractivity contribution in [3.05, 3.63) is 30.3 Å². The molecule has 2 rings (SSSR count). The molecule has 1 saturated heterocycles. The number of benzene rings is 1. The Morgan fingerprint density at radius 3 is 2.73 bits per heavy atom. The zero-order chi connectivity index (χ0) is 10.7. The topological polar surface area (TPSA) is 15.7 Å². The van der Waals surface area contributed by atoms with Gasteiger partial charge in [0.2, 0.25) is 0 Å². The highest BCUT2D eigenvalue weighted by Crippen LogP contribution is 2.17. The molecule has 0 aliphatic carbocycles. The summed E-state index contributed by atoms with van der Waals surface area (Å²) in [4.78, 5) is 4.59. The van der Waals surface area contributed by atoms with Gasteiger partial charge in [0.1, 0.15) is 6.23 Å². The van der Waals surface area contributed by atoms with Crippen LogP contribution in [0.5, 0.6) is 0 Å². The smallest absolute Gasteiger partial charge is 0.127 e. The zero-order valence-corrected chi connectivity index (χ0v) is 9.31. The molecule has 1 aliphatic heterocycles. The van der Waals surface area contributed by atoms with E-state index in [1.165, 1.54) is 5.69 Å². The molecule has 1 aromatic carbocycles. The van der Waals surface area contributed by atoms with Gasteiger partial charge < -0.3 is 9.64 Å². The lowest BCUT2D eigenvalue weighted by atomic mass is 10.2. The molecule has 0 amide bonds. The summed E-state index contributed by atoms with van der Waals surface area (Å²) in [7, 11) is 3.87. The molecule has 1 aromatic rings. The van der Waals surface area contributed by atoms with Crippen LogP contribution in [0, 0.1) is 6.07 Å². The van der Waals surface area contributed by atoms with E-state index in [0.717, 1.165) is 19.6 Å². The molecule has 0 N–H and O–H groups in total. The first kappa shape index (κ1) is 10.5. The van der Waals surface area contributed by atoms with Crippen molar-refractivity contribution in [3.8, 4) is 0 Å². The molecule has 0 saturated carbocycles. The maximum Gasteiger partial charge on any atom is 0.127 e. The first-order valence-corrected chi connectivity index (χ1v) is 5.25. The van der Waals surface area contributed by atoms with E-state index in [4.69, 9.17) is 4.74 Å². The van der Waals surface area contributed by atoms with Crippen LogP contribution < -0.4 is 4.90 Å². The van der Waals surface area contributed by atoms with Crippen molar-refractivity contribution in [1.29, 1.82) is 0 Å². The maximum absolute atomic E-state index is 5.43. The number of piperazine rings is 1. The lowest BCUT2D eigenvalue weighted by Gasteiger charge is -2.39. The highest BCUT2D eigenvalue weighted by molar-refractivity contribution is 5.46. The maximum atomic E-state index is 5.43. The minimum Gasteiger partial charge on any atom is -0.366 e. The van der Waals surface area contributed by atoms with Crippen LogP contribution >= 0.6 is 0 Å². The van der Waals surface area contributed by atoms with Crippen molar-refractivity contribution >= 4 is 5.69 Å². The fourth-order valence-corrected chi connectivity index (χ4v) is 1.92. The van der Waals surface area contributed by atoms with Crippen LogP contribution in [-0.4, -0.2) is 44.9 Å². The Balaban J connectivity index is 2.06. The number of anilines is 1. The largest absolute Gasteiger partial charge is 0.366 e. The summed E-state index contributed by atoms with van der Waals surface area (Å²) in [5.41, 5.74) is 1.25. The van der Waals surface area contributed by atoms with Gasteiger partial charge in [-0.1, -0.05) is 12.1 Å². The Labute approximate surface area is 91.2 Å². The third-order valence-corrected chi connectivity index (χ3v) is 2.93. The van der Waals surface area contributed by atoms with Crippen molar-refractivity contribution < 1.29 is 4.74 Å². The number of nitrogens with zero attached hydrogens (tertiary/aromatic N) is 2. The average Bonchev–Trinajstić information content (AvgIpc) is 2.31. The lowest BCUT2D eigenvalue weighted by Crippen LogP contribution is -2.52. The van der Waals surface area contributed by atoms with E-state index in [1.807, 2.05) is 12.1 Å². The molecule has 1 unspecified atom stereocenters. The van der Waals surface area contributed by atoms with E-state index >= 15 is 0 Å². The molecular formula is C12H17N2O. The van der Waals surface area contributed by atoms with E-state index in [9.17, 15) is 0 Å². The molecule has 1 atom stereocenters. The van der Waals surface area contributed by atoms with Crippen LogP contribution in [0.25, 0.3) is 0 Å². The van der Waals surface area contributed by atoms with E-state index < -0.39 is 0 Å². The first-order chi connectivity index (χ1) is 7.31. The number of hydrogen-bond acceptors (Lipinski definition) is 3. The summed E-state index contributed by atoms with van der Waals surface area (Å²) in [5, 5.41) is 0. The zero-order valence-electron chi connectivity index (χ0n) is 9.31. The third-order valence-electron chi connectivity index (χ3n) is 2.93. The average molecular weight is 205 g/mol. The van der Waals surface area contributed by atoms with Gasteiger partial charge in [0.25, 0.3) is 0 Å². The molecule has 1 radical (unpaired) electrons. The normalized spacial score (nSPS) is 23.1. The van der Waals surface area contributed by atoms with Crippen LogP contribution in [-0.2, 0) is 4.74 Å². The molecule has 0 bridgehead atoms. The Hall–Kier alpha value is -1.06. The monoisotopic (exact) mass is 205 g/mol. The van der Waals surface area contributed by atoms with Crippen molar-refractivity contribution in [2.75, 3.05) is 38.7 Å². The van der Waals surface area contributed by atoms with Crippen LogP contribution in [0.2, 0.25) is 0 Å². The van der Waals surface area contributed by atoms with Crippen LogP contribution in [0.1, 0.15) is 0 Å². The number of hydrogen-bond donors (Lipinski definition) is 0. The van der Waals surface area contributed by atoms with Gasteiger partial charge >= 0.3 is 0 Å². The van der Waals surface area contributed by atoms with E-state index in [-0.39, 0.29) is 6.23 Å². The Morgan fingerprint density at radius 1 is 1.33 bits per heavy atom. The molecule has 0 aromatic heterocycles. The third kappa shape index (κ3) is 2.30. The molecule has 1 aliphatic rings. The second-order valence-corrected chi connectivity index (χ2v) is 3.88. The van der Waals surface area contributed by atoms with Crippen molar-refractivity contribution in [2.45, 2.75) is 6.23 Å². The van der Waals surface area contributed by atoms with Gasteiger partial charge in [-0.2, -0.15) is 0 Å². The molecule has 81 valence electrons. The number of ether oxygens (including phenoxy) is 1. The Kier molecular flexibility index (Phi) is 3.23. The number of likely N-dealkylation sites (N-methyl/N-ethyl adjacent to an activating group) is 1. The summed E-state index contributed by atoms with van der Waals surface area (Å²) >= 11 is 0. The summed E-state index contributed by atoms with van der Waals surface area (Å²) in [5.74, 6) is 0. The van der Waals surface area contributed by atoms with Gasteiger partial charge in [-0.3, -0.25) is 4.90 Å². The number of rotatable bonds is 2. The number of methoxy groups -OCH3 is 1. The van der Waals surface area contributed by atoms with Gasteiger partial charge in [0.05, 0.1) is 6.54 Å². The predicted molar refractivity (Wildman–Crippen MR) is 60.9 cm³/mol. The van der Waals surface area contributed by atoms with Gasteiger partial charge in [-0.15, -0.1) is 0 Å². The summed E-state index contributed by atoms with van der Waals surface area (Å²) in [6, 6.07) is 11.1. The second kappa shape index (κ2) is 4.64. The Morgan fingerprint density at radius 2 is 2.07 bits per heavy atom. The SMILES string of the molecule is COC1CN(c2cc[c]cc2)CCN1C. The van der Waals surface area contributed by atoms with Crippen LogP contribution in [0.3, 0.4) is 0 Å². The summed E-state index contributed by atoms with van der Waals surface area (Å²) in [6.07, 6.45) is 0.197. The van der Waals surface area contributed by atoms with Crippen LogP contribution in [0.4, 0.5) is 5.69 Å². The van der Waals surface area contributed by atoms with Crippen LogP contribution in [0.15, 0.2) is 24.3 Å². The van der Waals surface area contributed by atoms with Crippen molar-refractivity contribution in [2.24, 2.45) is 0 Å². The minimum absolute atomic E-state index is 0.197. The van der Waals surface area contributed by atoms with E-state index in [0.29, 0.717) is 0 Å². The van der Waals surface area contributed by atoms with Gasteiger partial charge in [-0.05, 0) is 25.2 Å². The molecule has 3 nitrogen and oxygen atoms in total. The molecule has 1 fully saturated rings. The van der Waals surface area contributed by atoms with Crippen molar-refractivity contribution in [3.63, 3.8) is 0 Å². The quantitative estimate of drug-likeness (QED) is 0.722. The van der Waals surface area contributed by atoms with Crippen molar-refractivity contribution in [1.82, 2.24) is 4.90 Å². The highest BCUT2D eigenvalue weighted by Gasteiger charge is 2.23. The molecule has 0 spiro atoms. The second-order valence-electron chi connectivity index (χ2n) is 3.88.